The van der Waals surface area contributed by atoms with Gasteiger partial charge in [0.1, 0.15) is 5.01 Å². The summed E-state index contributed by atoms with van der Waals surface area (Å²) in [5.41, 5.74) is 6.48. The molecule has 2 rings (SSSR count). The minimum absolute atomic E-state index is 0.444. The standard InChI is InChI=1S/C13H15N3OS/c1-9-5-3-4-6-10(9)16-13(2,11(14)17)12-15-7-8-18-12/h3-8,16H,1-2H3,(H2,14,17). The molecule has 0 saturated carbocycles. The largest absolute Gasteiger partial charge is 0.367 e. The number of thiazole rings is 1. The third-order valence-corrected chi connectivity index (χ3v) is 3.88. The highest BCUT2D eigenvalue weighted by molar-refractivity contribution is 7.09. The van der Waals surface area contributed by atoms with Crippen LogP contribution < -0.4 is 11.1 Å². The average Bonchev–Trinajstić information content (AvgIpc) is 2.86. The molecule has 0 aliphatic rings. The number of aryl methyl sites for hydroxylation is 1. The van der Waals surface area contributed by atoms with Gasteiger partial charge in [-0.25, -0.2) is 4.98 Å². The molecule has 1 aromatic carbocycles. The fourth-order valence-electron chi connectivity index (χ4n) is 1.67. The molecule has 0 fully saturated rings. The highest BCUT2D eigenvalue weighted by Gasteiger charge is 2.36. The Morgan fingerprint density at radius 1 is 1.44 bits per heavy atom. The molecule has 94 valence electrons. The molecule has 1 aromatic heterocycles. The van der Waals surface area contributed by atoms with Crippen molar-refractivity contribution in [1.29, 1.82) is 0 Å². The van der Waals surface area contributed by atoms with E-state index in [0.29, 0.717) is 5.01 Å². The summed E-state index contributed by atoms with van der Waals surface area (Å²) in [6.07, 6.45) is 1.67. The van der Waals surface area contributed by atoms with Crippen LogP contribution in [0.1, 0.15) is 17.5 Å². The predicted molar refractivity (Wildman–Crippen MR) is 73.5 cm³/mol. The Bertz CT molecular complexity index is 553. The van der Waals surface area contributed by atoms with Crippen LogP contribution in [-0.2, 0) is 10.3 Å². The zero-order valence-corrected chi connectivity index (χ0v) is 11.1. The third-order valence-electron chi connectivity index (χ3n) is 2.88. The van der Waals surface area contributed by atoms with Gasteiger partial charge in [-0.1, -0.05) is 18.2 Å². The molecule has 0 bridgehead atoms. The summed E-state index contributed by atoms with van der Waals surface area (Å²) in [5.74, 6) is -0.444. The second-order valence-corrected chi connectivity index (χ2v) is 5.16. The number of nitrogens with two attached hydrogens (primary N) is 1. The van der Waals surface area contributed by atoms with Gasteiger partial charge in [0.15, 0.2) is 5.54 Å². The first-order valence-corrected chi connectivity index (χ1v) is 6.45. The van der Waals surface area contributed by atoms with Gasteiger partial charge in [0.2, 0.25) is 5.91 Å². The molecule has 1 heterocycles. The van der Waals surface area contributed by atoms with E-state index in [4.69, 9.17) is 5.73 Å². The molecular formula is C13H15N3OS. The molecule has 0 radical (unpaired) electrons. The van der Waals surface area contributed by atoms with Crippen molar-refractivity contribution in [3.8, 4) is 0 Å². The number of amides is 1. The average molecular weight is 261 g/mol. The zero-order valence-electron chi connectivity index (χ0n) is 10.3. The van der Waals surface area contributed by atoms with Gasteiger partial charge < -0.3 is 11.1 Å². The summed E-state index contributed by atoms with van der Waals surface area (Å²) >= 11 is 1.41. The van der Waals surface area contributed by atoms with Crippen LogP contribution in [0, 0.1) is 6.92 Å². The summed E-state index contributed by atoms with van der Waals surface area (Å²) in [5, 5.41) is 5.69. The first-order valence-electron chi connectivity index (χ1n) is 5.58. The van der Waals surface area contributed by atoms with Crippen molar-refractivity contribution in [2.45, 2.75) is 19.4 Å². The Morgan fingerprint density at radius 2 is 2.17 bits per heavy atom. The van der Waals surface area contributed by atoms with Crippen molar-refractivity contribution in [3.05, 3.63) is 46.4 Å². The number of rotatable bonds is 4. The zero-order chi connectivity index (χ0) is 13.2. The fourth-order valence-corrected chi connectivity index (χ4v) is 2.43. The molecule has 18 heavy (non-hydrogen) atoms. The number of hydrogen-bond acceptors (Lipinski definition) is 4. The van der Waals surface area contributed by atoms with Crippen LogP contribution in [-0.4, -0.2) is 10.9 Å². The number of carbonyl (C=O) groups is 1. The summed E-state index contributed by atoms with van der Waals surface area (Å²) in [4.78, 5) is 16.0. The summed E-state index contributed by atoms with van der Waals surface area (Å²) in [7, 11) is 0. The number of anilines is 1. The van der Waals surface area contributed by atoms with Crippen LogP contribution in [0.3, 0.4) is 0 Å². The number of benzene rings is 1. The quantitative estimate of drug-likeness (QED) is 0.887. The Hall–Kier alpha value is -1.88. The van der Waals surface area contributed by atoms with Gasteiger partial charge >= 0.3 is 0 Å². The SMILES string of the molecule is Cc1ccccc1NC(C)(C(N)=O)c1nccs1. The highest BCUT2D eigenvalue weighted by atomic mass is 32.1. The van der Waals surface area contributed by atoms with Crippen LogP contribution in [0.4, 0.5) is 5.69 Å². The lowest BCUT2D eigenvalue weighted by Crippen LogP contribution is -2.45. The topological polar surface area (TPSA) is 68.0 Å². The maximum atomic E-state index is 11.8. The molecule has 1 atom stereocenters. The van der Waals surface area contributed by atoms with Crippen LogP contribution in [0.15, 0.2) is 35.8 Å². The number of aromatic nitrogens is 1. The smallest absolute Gasteiger partial charge is 0.249 e. The second kappa shape index (κ2) is 4.78. The van der Waals surface area contributed by atoms with Gasteiger partial charge in [0.05, 0.1) is 0 Å². The summed E-state index contributed by atoms with van der Waals surface area (Å²) in [6.45, 7) is 3.73. The van der Waals surface area contributed by atoms with E-state index in [0.717, 1.165) is 11.3 Å². The van der Waals surface area contributed by atoms with Gasteiger partial charge in [-0.3, -0.25) is 4.79 Å². The van der Waals surface area contributed by atoms with Crippen LogP contribution in [0.25, 0.3) is 0 Å². The van der Waals surface area contributed by atoms with Gasteiger partial charge in [-0.15, -0.1) is 11.3 Å². The van der Waals surface area contributed by atoms with E-state index >= 15 is 0 Å². The fraction of sp³-hybridized carbons (Fsp3) is 0.231. The van der Waals surface area contributed by atoms with Crippen molar-refractivity contribution in [1.82, 2.24) is 4.98 Å². The van der Waals surface area contributed by atoms with E-state index in [2.05, 4.69) is 10.3 Å². The van der Waals surface area contributed by atoms with Crippen molar-refractivity contribution in [2.24, 2.45) is 5.73 Å². The van der Waals surface area contributed by atoms with Crippen LogP contribution >= 0.6 is 11.3 Å². The molecule has 0 spiro atoms. The second-order valence-electron chi connectivity index (χ2n) is 4.27. The Balaban J connectivity index is 2.39. The van der Waals surface area contributed by atoms with Crippen molar-refractivity contribution in [3.63, 3.8) is 0 Å². The Morgan fingerprint density at radius 3 is 2.72 bits per heavy atom. The molecule has 2 aromatic rings. The van der Waals surface area contributed by atoms with Gasteiger partial charge in [-0.05, 0) is 25.5 Å². The van der Waals surface area contributed by atoms with E-state index in [-0.39, 0.29) is 0 Å². The van der Waals surface area contributed by atoms with E-state index in [1.807, 2.05) is 36.6 Å². The lowest BCUT2D eigenvalue weighted by Gasteiger charge is -2.27. The van der Waals surface area contributed by atoms with Gasteiger partial charge in [0, 0.05) is 17.3 Å². The van der Waals surface area contributed by atoms with Crippen LogP contribution in [0.2, 0.25) is 0 Å². The number of nitrogens with zero attached hydrogens (tertiary/aromatic N) is 1. The van der Waals surface area contributed by atoms with E-state index in [9.17, 15) is 4.79 Å². The first kappa shape index (κ1) is 12.6. The molecule has 0 saturated heterocycles. The van der Waals surface area contributed by atoms with Crippen LogP contribution in [0.5, 0.6) is 0 Å². The summed E-state index contributed by atoms with van der Waals surface area (Å²) < 4.78 is 0. The number of primary amides is 1. The Labute approximate surface area is 110 Å². The van der Waals surface area contributed by atoms with Crippen molar-refractivity contribution >= 4 is 22.9 Å². The minimum Gasteiger partial charge on any atom is -0.367 e. The lowest BCUT2D eigenvalue weighted by atomic mass is 10.0. The van der Waals surface area contributed by atoms with E-state index in [1.165, 1.54) is 11.3 Å². The Kier molecular flexibility index (Phi) is 3.34. The van der Waals surface area contributed by atoms with Crippen molar-refractivity contribution < 1.29 is 4.79 Å². The number of hydrogen-bond donors (Lipinski definition) is 2. The third kappa shape index (κ3) is 2.22. The lowest BCUT2D eigenvalue weighted by molar-refractivity contribution is -0.122. The van der Waals surface area contributed by atoms with Crippen molar-refractivity contribution in [2.75, 3.05) is 5.32 Å². The number of carbonyl (C=O) groups excluding carboxylic acids is 1. The van der Waals surface area contributed by atoms with E-state index < -0.39 is 11.4 Å². The first-order chi connectivity index (χ1) is 8.54. The normalized spacial score (nSPS) is 13.9. The molecule has 1 unspecified atom stereocenters. The molecule has 1 amide bonds. The minimum atomic E-state index is -0.986. The van der Waals surface area contributed by atoms with Gasteiger partial charge in [-0.2, -0.15) is 0 Å². The van der Waals surface area contributed by atoms with Gasteiger partial charge in [0.25, 0.3) is 0 Å². The highest BCUT2D eigenvalue weighted by Crippen LogP contribution is 2.28. The molecule has 3 N–H and O–H groups in total. The maximum absolute atomic E-state index is 11.8. The van der Waals surface area contributed by atoms with E-state index in [1.54, 1.807) is 13.1 Å². The molecule has 0 aliphatic heterocycles. The molecule has 4 nitrogen and oxygen atoms in total. The molecule has 5 heteroatoms. The molecule has 0 aliphatic carbocycles. The number of para-hydroxylation sites is 1. The maximum Gasteiger partial charge on any atom is 0.249 e. The predicted octanol–water partition coefficient (Wildman–Crippen LogP) is 2.26. The monoisotopic (exact) mass is 261 g/mol. The summed E-state index contributed by atoms with van der Waals surface area (Å²) in [6, 6.07) is 7.76. The molecular weight excluding hydrogens is 246 g/mol. The number of nitrogens with one attached hydrogen (secondary N) is 1.